The Morgan fingerprint density at radius 1 is 1.38 bits per heavy atom. The molecule has 0 aliphatic carbocycles. The van der Waals surface area contributed by atoms with E-state index in [0.717, 1.165) is 16.6 Å². The Kier molecular flexibility index (Phi) is 1.90. The molecular formula is C9H12N4. The molecule has 68 valence electrons. The third-order valence-corrected chi connectivity index (χ3v) is 1.89. The van der Waals surface area contributed by atoms with Gasteiger partial charge in [0.05, 0.1) is 5.52 Å². The third-order valence-electron chi connectivity index (χ3n) is 1.89. The number of fused-ring (bicyclic) bond motifs is 1. The summed E-state index contributed by atoms with van der Waals surface area (Å²) in [4.78, 5) is 0. The van der Waals surface area contributed by atoms with Crippen molar-refractivity contribution in [2.24, 2.45) is 7.05 Å². The van der Waals surface area contributed by atoms with Crippen LogP contribution in [-0.2, 0) is 7.05 Å². The summed E-state index contributed by atoms with van der Waals surface area (Å²) in [6, 6.07) is 6.04. The number of rotatable bonds is 2. The first-order valence-corrected chi connectivity index (χ1v) is 4.16. The summed E-state index contributed by atoms with van der Waals surface area (Å²) >= 11 is 0. The molecule has 0 aliphatic heterocycles. The molecule has 4 heteroatoms. The van der Waals surface area contributed by atoms with E-state index in [1.54, 1.807) is 0 Å². The number of anilines is 1. The molecule has 1 aromatic carbocycles. The summed E-state index contributed by atoms with van der Waals surface area (Å²) < 4.78 is 1.81. The number of aromatic nitrogens is 2. The lowest BCUT2D eigenvalue weighted by Crippen LogP contribution is -2.14. The maximum absolute atomic E-state index is 4.28. The Morgan fingerprint density at radius 3 is 3.00 bits per heavy atom. The Labute approximate surface area is 76.5 Å². The van der Waals surface area contributed by atoms with E-state index < -0.39 is 0 Å². The Morgan fingerprint density at radius 2 is 2.23 bits per heavy atom. The Balaban J connectivity index is 2.48. The molecular weight excluding hydrogens is 164 g/mol. The molecule has 1 aromatic heterocycles. The van der Waals surface area contributed by atoms with Crippen LogP contribution in [0.1, 0.15) is 0 Å². The largest absolute Gasteiger partial charge is 0.322 e. The molecule has 1 heterocycles. The molecule has 13 heavy (non-hydrogen) atoms. The molecule has 0 bridgehead atoms. The van der Waals surface area contributed by atoms with Gasteiger partial charge < -0.3 is 5.43 Å². The Bertz CT molecular complexity index is 418. The first kappa shape index (κ1) is 8.07. The molecule has 0 saturated heterocycles. The van der Waals surface area contributed by atoms with Crippen molar-refractivity contribution < 1.29 is 0 Å². The Hall–Kier alpha value is -1.55. The van der Waals surface area contributed by atoms with Crippen LogP contribution < -0.4 is 10.9 Å². The molecule has 0 unspecified atom stereocenters. The van der Waals surface area contributed by atoms with E-state index in [-0.39, 0.29) is 0 Å². The quantitative estimate of drug-likeness (QED) is 0.674. The van der Waals surface area contributed by atoms with Crippen molar-refractivity contribution in [3.05, 3.63) is 24.4 Å². The van der Waals surface area contributed by atoms with Gasteiger partial charge in [-0.25, -0.2) is 5.43 Å². The number of nitrogens with one attached hydrogen (secondary N) is 2. The van der Waals surface area contributed by atoms with Crippen molar-refractivity contribution >= 4 is 16.6 Å². The summed E-state index contributed by atoms with van der Waals surface area (Å²) in [5.74, 6) is 0. The maximum atomic E-state index is 4.28. The molecule has 0 aliphatic rings. The second-order valence-corrected chi connectivity index (χ2v) is 2.95. The maximum Gasteiger partial charge on any atom is 0.0924 e. The van der Waals surface area contributed by atoms with Crippen LogP contribution in [0.2, 0.25) is 0 Å². The van der Waals surface area contributed by atoms with Crippen LogP contribution in [0.3, 0.4) is 0 Å². The number of hydrogen-bond acceptors (Lipinski definition) is 3. The van der Waals surface area contributed by atoms with Gasteiger partial charge in [-0.3, -0.25) is 4.68 Å². The number of benzene rings is 1. The van der Waals surface area contributed by atoms with E-state index in [1.165, 1.54) is 0 Å². The highest BCUT2D eigenvalue weighted by atomic mass is 15.3. The van der Waals surface area contributed by atoms with E-state index in [1.807, 2.05) is 37.1 Å². The van der Waals surface area contributed by atoms with Crippen LogP contribution >= 0.6 is 0 Å². The topological polar surface area (TPSA) is 41.9 Å². The SMILES string of the molecule is CNNc1ccc2nn(C)cc2c1. The fourth-order valence-electron chi connectivity index (χ4n) is 1.37. The van der Waals surface area contributed by atoms with Crippen LogP contribution in [0.4, 0.5) is 5.69 Å². The zero-order valence-corrected chi connectivity index (χ0v) is 7.70. The van der Waals surface area contributed by atoms with Gasteiger partial charge in [0.15, 0.2) is 0 Å². The summed E-state index contributed by atoms with van der Waals surface area (Å²) in [5, 5.41) is 5.42. The molecule has 4 nitrogen and oxygen atoms in total. The molecule has 2 aromatic rings. The molecule has 0 fully saturated rings. The van der Waals surface area contributed by atoms with Crippen molar-refractivity contribution in [3.63, 3.8) is 0 Å². The van der Waals surface area contributed by atoms with Crippen LogP contribution in [0.5, 0.6) is 0 Å². The monoisotopic (exact) mass is 176 g/mol. The summed E-state index contributed by atoms with van der Waals surface area (Å²) in [6.07, 6.45) is 2.00. The van der Waals surface area contributed by atoms with Gasteiger partial charge in [-0.15, -0.1) is 0 Å². The summed E-state index contributed by atoms with van der Waals surface area (Å²) in [6.45, 7) is 0. The fourth-order valence-corrected chi connectivity index (χ4v) is 1.37. The van der Waals surface area contributed by atoms with Crippen LogP contribution in [0.25, 0.3) is 10.9 Å². The molecule has 0 atom stereocenters. The van der Waals surface area contributed by atoms with Crippen molar-refractivity contribution in [2.75, 3.05) is 12.5 Å². The fraction of sp³-hybridized carbons (Fsp3) is 0.222. The zero-order chi connectivity index (χ0) is 9.26. The standard InChI is InChI=1S/C9H12N4/c1-10-11-8-3-4-9-7(5-8)6-13(2)12-9/h3-6,10-11H,1-2H3. The average molecular weight is 176 g/mol. The number of aryl methyl sites for hydroxylation is 1. The minimum atomic E-state index is 1.02. The summed E-state index contributed by atoms with van der Waals surface area (Å²) in [5.41, 5.74) is 7.96. The minimum absolute atomic E-state index is 1.02. The van der Waals surface area contributed by atoms with Crippen molar-refractivity contribution in [1.82, 2.24) is 15.2 Å². The third kappa shape index (κ3) is 1.48. The van der Waals surface area contributed by atoms with Crippen LogP contribution in [-0.4, -0.2) is 16.8 Å². The van der Waals surface area contributed by atoms with E-state index >= 15 is 0 Å². The second kappa shape index (κ2) is 3.06. The van der Waals surface area contributed by atoms with Gasteiger partial charge in [0, 0.05) is 31.4 Å². The van der Waals surface area contributed by atoms with Gasteiger partial charge in [0.25, 0.3) is 0 Å². The number of hydrogen-bond donors (Lipinski definition) is 2. The molecule has 0 amide bonds. The molecule has 2 N–H and O–H groups in total. The van der Waals surface area contributed by atoms with Crippen LogP contribution in [0.15, 0.2) is 24.4 Å². The van der Waals surface area contributed by atoms with Gasteiger partial charge in [-0.2, -0.15) is 5.10 Å². The highest BCUT2D eigenvalue weighted by Crippen LogP contribution is 2.16. The highest BCUT2D eigenvalue weighted by molar-refractivity contribution is 5.81. The second-order valence-electron chi connectivity index (χ2n) is 2.95. The van der Waals surface area contributed by atoms with Crippen molar-refractivity contribution in [2.45, 2.75) is 0 Å². The van der Waals surface area contributed by atoms with E-state index in [0.29, 0.717) is 0 Å². The predicted molar refractivity (Wildman–Crippen MR) is 53.4 cm³/mol. The zero-order valence-electron chi connectivity index (χ0n) is 7.70. The van der Waals surface area contributed by atoms with Gasteiger partial charge in [0.1, 0.15) is 0 Å². The summed E-state index contributed by atoms with van der Waals surface area (Å²) in [7, 11) is 3.76. The smallest absolute Gasteiger partial charge is 0.0924 e. The molecule has 2 rings (SSSR count). The minimum Gasteiger partial charge on any atom is -0.322 e. The molecule has 0 radical (unpaired) electrons. The van der Waals surface area contributed by atoms with Crippen molar-refractivity contribution in [3.8, 4) is 0 Å². The number of nitrogens with zero attached hydrogens (tertiary/aromatic N) is 2. The molecule has 0 spiro atoms. The normalized spacial score (nSPS) is 10.6. The molecule has 0 saturated carbocycles. The lowest BCUT2D eigenvalue weighted by atomic mass is 10.2. The first-order chi connectivity index (χ1) is 6.29. The van der Waals surface area contributed by atoms with Gasteiger partial charge in [-0.1, -0.05) is 0 Å². The van der Waals surface area contributed by atoms with E-state index in [4.69, 9.17) is 0 Å². The van der Waals surface area contributed by atoms with E-state index in [2.05, 4.69) is 22.0 Å². The predicted octanol–water partition coefficient (Wildman–Crippen LogP) is 1.12. The number of hydrazine groups is 1. The highest BCUT2D eigenvalue weighted by Gasteiger charge is 1.98. The average Bonchev–Trinajstić information content (AvgIpc) is 2.44. The van der Waals surface area contributed by atoms with Gasteiger partial charge in [-0.05, 0) is 18.2 Å². The van der Waals surface area contributed by atoms with Gasteiger partial charge >= 0.3 is 0 Å². The van der Waals surface area contributed by atoms with Gasteiger partial charge in [0.2, 0.25) is 0 Å². The van der Waals surface area contributed by atoms with Crippen LogP contribution in [0, 0.1) is 0 Å². The first-order valence-electron chi connectivity index (χ1n) is 4.16. The lowest BCUT2D eigenvalue weighted by molar-refractivity contribution is 0.780. The lowest BCUT2D eigenvalue weighted by Gasteiger charge is -2.02. The van der Waals surface area contributed by atoms with E-state index in [9.17, 15) is 0 Å². The van der Waals surface area contributed by atoms with Crippen molar-refractivity contribution in [1.29, 1.82) is 0 Å².